The van der Waals surface area contributed by atoms with E-state index in [4.69, 9.17) is 0 Å². The highest BCUT2D eigenvalue weighted by atomic mass is 16.3. The van der Waals surface area contributed by atoms with E-state index < -0.39 is 12.2 Å². The molecule has 0 heterocycles. The second kappa shape index (κ2) is 6.38. The predicted molar refractivity (Wildman–Crippen MR) is 91.5 cm³/mol. The Morgan fingerprint density at radius 2 is 1.72 bits per heavy atom. The van der Waals surface area contributed by atoms with Crippen molar-refractivity contribution in [3.8, 4) is 11.5 Å². The molecule has 2 aromatic carbocycles. The number of rotatable bonds is 3. The van der Waals surface area contributed by atoms with Gasteiger partial charge >= 0.3 is 0 Å². The van der Waals surface area contributed by atoms with Crippen LogP contribution in [-0.4, -0.2) is 32.9 Å². The minimum absolute atomic E-state index is 0.0990. The fourth-order valence-corrected chi connectivity index (χ4v) is 3.13. The third-order valence-corrected chi connectivity index (χ3v) is 4.38. The predicted octanol–water partition coefficient (Wildman–Crippen LogP) is 1.96. The second-order valence-corrected chi connectivity index (χ2v) is 6.69. The van der Waals surface area contributed by atoms with Crippen molar-refractivity contribution < 1.29 is 25.2 Å². The van der Waals surface area contributed by atoms with Gasteiger partial charge in [-0.2, -0.15) is 0 Å². The maximum atomic E-state index is 12.3. The highest BCUT2D eigenvalue weighted by Gasteiger charge is 2.35. The second-order valence-electron chi connectivity index (χ2n) is 6.69. The van der Waals surface area contributed by atoms with Crippen molar-refractivity contribution in [1.29, 1.82) is 0 Å². The minimum Gasteiger partial charge on any atom is -0.508 e. The SMILES string of the molecule is CC(C)CNC(=O)c1cc(O)c2c(c1)C(O)c1cccc(O)c1C2O. The summed E-state index contributed by atoms with van der Waals surface area (Å²) in [5.74, 6) is -0.548. The van der Waals surface area contributed by atoms with Crippen LogP contribution < -0.4 is 5.32 Å². The molecule has 3 rings (SSSR count). The van der Waals surface area contributed by atoms with Crippen LogP contribution in [0.5, 0.6) is 11.5 Å². The van der Waals surface area contributed by atoms with Crippen LogP contribution in [0.4, 0.5) is 0 Å². The number of aliphatic hydroxyl groups excluding tert-OH is 2. The van der Waals surface area contributed by atoms with E-state index in [1.165, 1.54) is 18.2 Å². The van der Waals surface area contributed by atoms with Crippen molar-refractivity contribution in [1.82, 2.24) is 5.32 Å². The summed E-state index contributed by atoms with van der Waals surface area (Å²) in [5, 5.41) is 44.3. The average Bonchev–Trinajstić information content (AvgIpc) is 2.56. The molecule has 0 saturated carbocycles. The van der Waals surface area contributed by atoms with Gasteiger partial charge in [0, 0.05) is 23.2 Å². The van der Waals surface area contributed by atoms with Crippen LogP contribution in [0.3, 0.4) is 0 Å². The number of hydrogen-bond donors (Lipinski definition) is 5. The molecule has 0 radical (unpaired) electrons. The first kappa shape index (κ1) is 17.3. The fourth-order valence-electron chi connectivity index (χ4n) is 3.13. The molecule has 132 valence electrons. The summed E-state index contributed by atoms with van der Waals surface area (Å²) in [5.41, 5.74) is 1.06. The van der Waals surface area contributed by atoms with Crippen molar-refractivity contribution >= 4 is 5.91 Å². The molecular formula is C19H21NO5. The molecule has 0 aromatic heterocycles. The smallest absolute Gasteiger partial charge is 0.251 e. The summed E-state index contributed by atoms with van der Waals surface area (Å²) in [6.45, 7) is 4.42. The lowest BCUT2D eigenvalue weighted by Gasteiger charge is -2.30. The van der Waals surface area contributed by atoms with Gasteiger partial charge in [-0.05, 0) is 35.2 Å². The van der Waals surface area contributed by atoms with E-state index >= 15 is 0 Å². The highest BCUT2D eigenvalue weighted by molar-refractivity contribution is 5.95. The number of aliphatic hydroxyl groups is 2. The maximum Gasteiger partial charge on any atom is 0.251 e. The molecule has 1 aliphatic rings. The van der Waals surface area contributed by atoms with Crippen molar-refractivity contribution in [3.63, 3.8) is 0 Å². The monoisotopic (exact) mass is 343 g/mol. The number of phenols is 2. The van der Waals surface area contributed by atoms with Crippen LogP contribution in [0.15, 0.2) is 30.3 Å². The molecule has 2 aromatic rings. The largest absolute Gasteiger partial charge is 0.508 e. The summed E-state index contributed by atoms with van der Waals surface area (Å²) < 4.78 is 0. The Labute approximate surface area is 145 Å². The number of carbonyl (C=O) groups is 1. The molecule has 0 saturated heterocycles. The minimum atomic E-state index is -1.29. The van der Waals surface area contributed by atoms with Gasteiger partial charge in [0.05, 0.1) is 0 Å². The van der Waals surface area contributed by atoms with Gasteiger partial charge in [-0.1, -0.05) is 26.0 Å². The van der Waals surface area contributed by atoms with E-state index in [1.54, 1.807) is 12.1 Å². The van der Waals surface area contributed by atoms with E-state index in [2.05, 4.69) is 5.32 Å². The number of aromatic hydroxyl groups is 2. The van der Waals surface area contributed by atoms with Crippen molar-refractivity contribution in [2.45, 2.75) is 26.1 Å². The topological polar surface area (TPSA) is 110 Å². The van der Waals surface area contributed by atoms with Gasteiger partial charge in [0.1, 0.15) is 23.7 Å². The molecule has 6 heteroatoms. The molecular weight excluding hydrogens is 322 g/mol. The normalized spacial score (nSPS) is 18.6. The van der Waals surface area contributed by atoms with Crippen molar-refractivity contribution in [2.24, 2.45) is 5.92 Å². The molecule has 25 heavy (non-hydrogen) atoms. The molecule has 2 atom stereocenters. The highest BCUT2D eigenvalue weighted by Crippen LogP contribution is 2.47. The first-order chi connectivity index (χ1) is 11.8. The molecule has 5 N–H and O–H groups in total. The van der Waals surface area contributed by atoms with Gasteiger partial charge < -0.3 is 25.7 Å². The molecule has 0 fully saturated rings. The number of hydrogen-bond acceptors (Lipinski definition) is 5. The van der Waals surface area contributed by atoms with E-state index in [1.807, 2.05) is 13.8 Å². The molecule has 2 unspecified atom stereocenters. The Bertz CT molecular complexity index is 831. The van der Waals surface area contributed by atoms with E-state index in [-0.39, 0.29) is 45.6 Å². The van der Waals surface area contributed by atoms with Crippen molar-refractivity contribution in [2.75, 3.05) is 6.54 Å². The number of carbonyl (C=O) groups excluding carboxylic acids is 1. The number of amides is 1. The van der Waals surface area contributed by atoms with E-state index in [0.29, 0.717) is 12.1 Å². The molecule has 1 aliphatic carbocycles. The molecule has 6 nitrogen and oxygen atoms in total. The zero-order chi connectivity index (χ0) is 18.3. The first-order valence-corrected chi connectivity index (χ1v) is 8.14. The Morgan fingerprint density at radius 3 is 2.40 bits per heavy atom. The number of fused-ring (bicyclic) bond motifs is 2. The van der Waals surface area contributed by atoms with Gasteiger partial charge in [0.25, 0.3) is 5.91 Å². The summed E-state index contributed by atoms with van der Waals surface area (Å²) in [7, 11) is 0. The Kier molecular flexibility index (Phi) is 4.41. The molecule has 0 spiro atoms. The summed E-state index contributed by atoms with van der Waals surface area (Å²) in [6, 6.07) is 7.29. The number of benzene rings is 2. The van der Waals surface area contributed by atoms with Gasteiger partial charge in [-0.25, -0.2) is 0 Å². The molecule has 0 aliphatic heterocycles. The molecule has 0 bridgehead atoms. The number of phenolic OH excluding ortho intramolecular Hbond substituents is 2. The fraction of sp³-hybridized carbons (Fsp3) is 0.316. The van der Waals surface area contributed by atoms with E-state index in [9.17, 15) is 25.2 Å². The average molecular weight is 343 g/mol. The van der Waals surface area contributed by atoms with Gasteiger partial charge in [-0.15, -0.1) is 0 Å². The third kappa shape index (κ3) is 2.94. The Balaban J connectivity index is 2.06. The number of nitrogens with one attached hydrogen (secondary N) is 1. The third-order valence-electron chi connectivity index (χ3n) is 4.38. The standard InChI is InChI=1S/C19H21NO5/c1-9(2)8-20-19(25)10-6-12-16(14(22)7-10)18(24)15-11(17(12)23)4-3-5-13(15)21/h3-7,9,17-18,21-24H,8H2,1-2H3,(H,20,25). The van der Waals surface area contributed by atoms with Gasteiger partial charge in [-0.3, -0.25) is 4.79 Å². The van der Waals surface area contributed by atoms with Crippen LogP contribution in [0.1, 0.15) is 58.7 Å². The zero-order valence-corrected chi connectivity index (χ0v) is 14.0. The van der Waals surface area contributed by atoms with Crippen LogP contribution in [0, 0.1) is 5.92 Å². The summed E-state index contributed by atoms with van der Waals surface area (Å²) in [4.78, 5) is 12.3. The van der Waals surface area contributed by atoms with Crippen molar-refractivity contribution in [3.05, 3.63) is 58.1 Å². The van der Waals surface area contributed by atoms with Crippen LogP contribution in [0.2, 0.25) is 0 Å². The summed E-state index contributed by atoms with van der Waals surface area (Å²) in [6.07, 6.45) is -2.45. The lowest BCUT2D eigenvalue weighted by atomic mass is 9.80. The van der Waals surface area contributed by atoms with Crippen LogP contribution in [0.25, 0.3) is 0 Å². The Morgan fingerprint density at radius 1 is 1.04 bits per heavy atom. The zero-order valence-electron chi connectivity index (χ0n) is 14.0. The lowest BCUT2D eigenvalue weighted by molar-refractivity contribution is 0.0947. The van der Waals surface area contributed by atoms with Crippen LogP contribution in [-0.2, 0) is 0 Å². The van der Waals surface area contributed by atoms with E-state index in [0.717, 1.165) is 0 Å². The lowest BCUT2D eigenvalue weighted by Crippen LogP contribution is -2.28. The maximum absolute atomic E-state index is 12.3. The summed E-state index contributed by atoms with van der Waals surface area (Å²) >= 11 is 0. The quantitative estimate of drug-likeness (QED) is 0.585. The Hall–Kier alpha value is -2.57. The molecule has 1 amide bonds. The van der Waals surface area contributed by atoms with Crippen LogP contribution >= 0.6 is 0 Å². The van der Waals surface area contributed by atoms with Gasteiger partial charge in [0.2, 0.25) is 0 Å². The van der Waals surface area contributed by atoms with Gasteiger partial charge in [0.15, 0.2) is 0 Å². The first-order valence-electron chi connectivity index (χ1n) is 8.14.